The largest absolute Gasteiger partial charge is 0.456 e. The van der Waals surface area contributed by atoms with Crippen LogP contribution >= 0.6 is 0 Å². The Kier molecular flexibility index (Phi) is 5.60. The maximum atomic E-state index is 12.4. The van der Waals surface area contributed by atoms with Gasteiger partial charge >= 0.3 is 5.97 Å². The van der Waals surface area contributed by atoms with Crippen molar-refractivity contribution < 1.29 is 14.3 Å². The lowest BCUT2D eigenvalue weighted by molar-refractivity contribution is -0.150. The molecule has 1 aliphatic carbocycles. The third kappa shape index (κ3) is 4.65. The Labute approximate surface area is 151 Å². The smallest absolute Gasteiger partial charge is 0.329 e. The summed E-state index contributed by atoms with van der Waals surface area (Å²) in [6, 6.07) is 8.99. The third-order valence-corrected chi connectivity index (χ3v) is 4.24. The summed E-state index contributed by atoms with van der Waals surface area (Å²) in [5.41, 5.74) is 0.893. The van der Waals surface area contributed by atoms with Crippen LogP contribution < -0.4 is 5.32 Å². The van der Waals surface area contributed by atoms with Gasteiger partial charge in [0, 0.05) is 0 Å². The molecule has 138 valence electrons. The Morgan fingerprint density at radius 1 is 1.27 bits per heavy atom. The Hall–Kier alpha value is -2.77. The molecule has 1 aromatic carbocycles. The molecule has 0 bridgehead atoms. The standard InChI is InChI=1S/C18H23N5O3/c1-12(2)17(19-16(24)10-13-6-4-3-5-7-13)18(25)26-11-15-20-21-22-23(15)14-8-9-14/h3-7,12,14,17H,8-11H2,1-2H3,(H,19,24)/t17-/m0/s1. The first-order valence-electron chi connectivity index (χ1n) is 8.81. The summed E-state index contributed by atoms with van der Waals surface area (Å²) in [7, 11) is 0. The van der Waals surface area contributed by atoms with E-state index >= 15 is 0 Å². The van der Waals surface area contributed by atoms with Crippen LogP contribution in [0.3, 0.4) is 0 Å². The van der Waals surface area contributed by atoms with E-state index in [4.69, 9.17) is 4.74 Å². The molecule has 8 heteroatoms. The molecule has 0 radical (unpaired) electrons. The highest BCUT2D eigenvalue weighted by Crippen LogP contribution is 2.34. The summed E-state index contributed by atoms with van der Waals surface area (Å²) in [4.78, 5) is 24.7. The molecule has 1 N–H and O–H groups in total. The normalized spacial score (nSPS) is 14.9. The number of ether oxygens (including phenoxy) is 1. The van der Waals surface area contributed by atoms with Gasteiger partial charge in [0.1, 0.15) is 6.04 Å². The van der Waals surface area contributed by atoms with Crippen molar-refractivity contribution in [3.05, 3.63) is 41.7 Å². The average Bonchev–Trinajstić information content (AvgIpc) is 3.36. The minimum atomic E-state index is -0.712. The zero-order chi connectivity index (χ0) is 18.5. The van der Waals surface area contributed by atoms with Gasteiger partial charge in [-0.25, -0.2) is 9.48 Å². The number of benzene rings is 1. The third-order valence-electron chi connectivity index (χ3n) is 4.24. The molecule has 1 aromatic heterocycles. The number of nitrogens with one attached hydrogen (secondary N) is 1. The van der Waals surface area contributed by atoms with Crippen LogP contribution in [0.25, 0.3) is 0 Å². The molecule has 1 aliphatic rings. The summed E-state index contributed by atoms with van der Waals surface area (Å²) < 4.78 is 7.06. The summed E-state index contributed by atoms with van der Waals surface area (Å²) >= 11 is 0. The van der Waals surface area contributed by atoms with Crippen LogP contribution in [0, 0.1) is 5.92 Å². The molecule has 26 heavy (non-hydrogen) atoms. The molecule has 8 nitrogen and oxygen atoms in total. The number of rotatable bonds is 8. The van der Waals surface area contributed by atoms with Gasteiger partial charge in [0.05, 0.1) is 12.5 Å². The van der Waals surface area contributed by atoms with Gasteiger partial charge in [-0.05, 0) is 34.7 Å². The average molecular weight is 357 g/mol. The molecule has 2 aromatic rings. The van der Waals surface area contributed by atoms with Crippen molar-refractivity contribution in [3.63, 3.8) is 0 Å². The number of aromatic nitrogens is 4. The van der Waals surface area contributed by atoms with E-state index < -0.39 is 12.0 Å². The molecule has 1 amide bonds. The van der Waals surface area contributed by atoms with Gasteiger partial charge in [0.15, 0.2) is 12.4 Å². The van der Waals surface area contributed by atoms with Crippen molar-refractivity contribution in [2.45, 2.75) is 51.8 Å². The van der Waals surface area contributed by atoms with Gasteiger partial charge in [0.2, 0.25) is 5.91 Å². The molecule has 1 saturated carbocycles. The first kappa shape index (κ1) is 18.0. The first-order valence-corrected chi connectivity index (χ1v) is 8.81. The highest BCUT2D eigenvalue weighted by Gasteiger charge is 2.29. The number of hydrogen-bond acceptors (Lipinski definition) is 6. The van der Waals surface area contributed by atoms with Crippen molar-refractivity contribution >= 4 is 11.9 Å². The molecular weight excluding hydrogens is 334 g/mol. The van der Waals surface area contributed by atoms with Gasteiger partial charge in [-0.15, -0.1) is 5.10 Å². The summed E-state index contributed by atoms with van der Waals surface area (Å²) in [5.74, 6) is -0.262. The molecular formula is C18H23N5O3. The van der Waals surface area contributed by atoms with Gasteiger partial charge < -0.3 is 10.1 Å². The lowest BCUT2D eigenvalue weighted by Crippen LogP contribution is -2.45. The number of carbonyl (C=O) groups is 2. The van der Waals surface area contributed by atoms with Crippen LogP contribution in [-0.4, -0.2) is 38.1 Å². The number of amides is 1. The highest BCUT2D eigenvalue weighted by molar-refractivity contribution is 5.85. The van der Waals surface area contributed by atoms with Crippen LogP contribution in [0.4, 0.5) is 0 Å². The van der Waals surface area contributed by atoms with E-state index in [0.29, 0.717) is 11.9 Å². The Morgan fingerprint density at radius 3 is 2.65 bits per heavy atom. The van der Waals surface area contributed by atoms with Crippen LogP contribution in [0.15, 0.2) is 30.3 Å². The topological polar surface area (TPSA) is 99.0 Å². The zero-order valence-corrected chi connectivity index (χ0v) is 15.0. The van der Waals surface area contributed by atoms with Crippen molar-refractivity contribution in [1.82, 2.24) is 25.5 Å². The summed E-state index contributed by atoms with van der Waals surface area (Å²) in [5, 5.41) is 14.2. The second-order valence-corrected chi connectivity index (χ2v) is 6.83. The Bertz CT molecular complexity index is 755. The highest BCUT2D eigenvalue weighted by atomic mass is 16.5. The van der Waals surface area contributed by atoms with E-state index in [1.807, 2.05) is 44.2 Å². The Morgan fingerprint density at radius 2 is 2.00 bits per heavy atom. The molecule has 1 atom stereocenters. The van der Waals surface area contributed by atoms with Crippen LogP contribution in [0.1, 0.15) is 44.1 Å². The molecule has 0 aliphatic heterocycles. The van der Waals surface area contributed by atoms with Crippen molar-refractivity contribution in [1.29, 1.82) is 0 Å². The van der Waals surface area contributed by atoms with Crippen molar-refractivity contribution in [2.75, 3.05) is 0 Å². The minimum absolute atomic E-state index is 0.000108. The lowest BCUT2D eigenvalue weighted by Gasteiger charge is -2.20. The summed E-state index contributed by atoms with van der Waals surface area (Å²) in [6.07, 6.45) is 2.30. The van der Waals surface area contributed by atoms with E-state index in [2.05, 4.69) is 20.8 Å². The van der Waals surface area contributed by atoms with Gasteiger partial charge in [-0.2, -0.15) is 0 Å². The maximum Gasteiger partial charge on any atom is 0.329 e. The second kappa shape index (κ2) is 8.07. The Balaban J connectivity index is 1.55. The summed E-state index contributed by atoms with van der Waals surface area (Å²) in [6.45, 7) is 3.73. The van der Waals surface area contributed by atoms with Crippen LogP contribution in [0.2, 0.25) is 0 Å². The van der Waals surface area contributed by atoms with E-state index in [9.17, 15) is 9.59 Å². The molecule has 1 heterocycles. The number of carbonyl (C=O) groups excluding carboxylic acids is 2. The monoisotopic (exact) mass is 357 g/mol. The maximum absolute atomic E-state index is 12.4. The zero-order valence-electron chi connectivity index (χ0n) is 15.0. The molecule has 1 fully saturated rings. The van der Waals surface area contributed by atoms with Gasteiger partial charge in [-0.1, -0.05) is 44.2 Å². The molecule has 0 unspecified atom stereocenters. The second-order valence-electron chi connectivity index (χ2n) is 6.83. The number of esters is 1. The predicted octanol–water partition coefficient (Wildman–Crippen LogP) is 1.43. The van der Waals surface area contributed by atoms with Gasteiger partial charge in [-0.3, -0.25) is 4.79 Å². The fourth-order valence-corrected chi connectivity index (χ4v) is 2.64. The fourth-order valence-electron chi connectivity index (χ4n) is 2.64. The fraction of sp³-hybridized carbons (Fsp3) is 0.500. The molecule has 3 rings (SSSR count). The predicted molar refractivity (Wildman–Crippen MR) is 92.8 cm³/mol. The van der Waals surface area contributed by atoms with E-state index in [-0.39, 0.29) is 24.9 Å². The van der Waals surface area contributed by atoms with Crippen LogP contribution in [-0.2, 0) is 27.4 Å². The quantitative estimate of drug-likeness (QED) is 0.718. The van der Waals surface area contributed by atoms with Gasteiger partial charge in [0.25, 0.3) is 0 Å². The number of hydrogen-bond donors (Lipinski definition) is 1. The lowest BCUT2D eigenvalue weighted by atomic mass is 10.0. The van der Waals surface area contributed by atoms with E-state index in [1.54, 1.807) is 4.68 Å². The first-order chi connectivity index (χ1) is 12.5. The number of tetrazole rings is 1. The minimum Gasteiger partial charge on any atom is -0.456 e. The van der Waals surface area contributed by atoms with E-state index in [0.717, 1.165) is 18.4 Å². The number of nitrogens with zero attached hydrogens (tertiary/aromatic N) is 4. The van der Waals surface area contributed by atoms with Crippen molar-refractivity contribution in [3.8, 4) is 0 Å². The SMILES string of the molecule is CC(C)[C@H](NC(=O)Cc1ccccc1)C(=O)OCc1nnnn1C1CC1. The van der Waals surface area contributed by atoms with Crippen molar-refractivity contribution in [2.24, 2.45) is 5.92 Å². The molecule has 0 spiro atoms. The van der Waals surface area contributed by atoms with E-state index in [1.165, 1.54) is 0 Å². The molecule has 0 saturated heterocycles. The van der Waals surface area contributed by atoms with Crippen LogP contribution in [0.5, 0.6) is 0 Å².